The molecule has 0 aliphatic heterocycles. The Morgan fingerprint density at radius 3 is 2.67 bits per heavy atom. The average molecular weight is 247 g/mol. The fraction of sp³-hybridized carbons (Fsp3) is 0.600. The fourth-order valence-corrected chi connectivity index (χ4v) is 2.41. The lowest BCUT2D eigenvalue weighted by atomic mass is 10.2. The molecular weight excluding hydrogens is 232 g/mol. The Morgan fingerprint density at radius 1 is 1.60 bits per heavy atom. The molecule has 1 amide bonds. The van der Waals surface area contributed by atoms with Crippen molar-refractivity contribution in [3.05, 3.63) is 16.6 Å². The van der Waals surface area contributed by atoms with Crippen LogP contribution in [-0.2, 0) is 4.79 Å². The van der Waals surface area contributed by atoms with Crippen molar-refractivity contribution in [2.24, 2.45) is 0 Å². The second-order valence-electron chi connectivity index (χ2n) is 3.57. The van der Waals surface area contributed by atoms with Crippen molar-refractivity contribution in [1.29, 1.82) is 0 Å². The molecule has 0 saturated carbocycles. The maximum Gasteiger partial charge on any atom is 0.238 e. The molecule has 15 heavy (non-hydrogen) atoms. The molecule has 3 nitrogen and oxygen atoms in total. The Kier molecular flexibility index (Phi) is 4.54. The maximum atomic E-state index is 11.7. The van der Waals surface area contributed by atoms with Crippen LogP contribution in [0.5, 0.6) is 0 Å². The summed E-state index contributed by atoms with van der Waals surface area (Å²) in [6.45, 7) is 5.94. The Bertz CT molecular complexity index is 313. The number of hydrogen-bond donors (Lipinski definition) is 0. The molecule has 1 atom stereocenters. The molecular formula is C10H15ClN2OS. The zero-order valence-corrected chi connectivity index (χ0v) is 10.7. The molecule has 0 saturated heterocycles. The van der Waals surface area contributed by atoms with Gasteiger partial charge in [0, 0.05) is 17.6 Å². The van der Waals surface area contributed by atoms with E-state index in [0.717, 1.165) is 5.01 Å². The van der Waals surface area contributed by atoms with Crippen LogP contribution in [-0.4, -0.2) is 27.7 Å². The quantitative estimate of drug-likeness (QED) is 0.766. The van der Waals surface area contributed by atoms with Crippen molar-refractivity contribution < 1.29 is 4.79 Å². The van der Waals surface area contributed by atoms with Gasteiger partial charge in [-0.2, -0.15) is 0 Å². The van der Waals surface area contributed by atoms with Crippen LogP contribution in [0.3, 0.4) is 0 Å². The van der Waals surface area contributed by atoms with Gasteiger partial charge in [0.05, 0.1) is 6.04 Å². The first-order valence-corrected chi connectivity index (χ1v) is 6.25. The number of amides is 1. The highest BCUT2D eigenvalue weighted by Gasteiger charge is 2.24. The van der Waals surface area contributed by atoms with Crippen LogP contribution in [0.1, 0.15) is 31.8 Å². The predicted octanol–water partition coefficient (Wildman–Crippen LogP) is 2.68. The van der Waals surface area contributed by atoms with E-state index >= 15 is 0 Å². The highest BCUT2D eigenvalue weighted by atomic mass is 35.5. The van der Waals surface area contributed by atoms with Gasteiger partial charge in [-0.1, -0.05) is 0 Å². The number of nitrogens with zero attached hydrogens (tertiary/aromatic N) is 2. The summed E-state index contributed by atoms with van der Waals surface area (Å²) in [4.78, 5) is 17.6. The molecule has 1 aromatic heterocycles. The largest absolute Gasteiger partial charge is 0.330 e. The summed E-state index contributed by atoms with van der Waals surface area (Å²) < 4.78 is 0. The maximum absolute atomic E-state index is 11.7. The normalized spacial score (nSPS) is 12.9. The Morgan fingerprint density at radius 2 is 2.27 bits per heavy atom. The lowest BCUT2D eigenvalue weighted by Crippen LogP contribution is -2.39. The summed E-state index contributed by atoms with van der Waals surface area (Å²) in [5.41, 5.74) is 0. The first kappa shape index (κ1) is 12.5. The van der Waals surface area contributed by atoms with Gasteiger partial charge in [0.15, 0.2) is 0 Å². The standard InChI is InChI=1S/C10H15ClN2OS/c1-7(2)13(9(14)6-11)8(3)10-12-4-5-15-10/h4-5,7-8H,6H2,1-3H3/t8-/m0/s1. The van der Waals surface area contributed by atoms with Crippen molar-refractivity contribution in [3.8, 4) is 0 Å². The average Bonchev–Trinajstić information content (AvgIpc) is 2.69. The van der Waals surface area contributed by atoms with Gasteiger partial charge < -0.3 is 4.90 Å². The first-order valence-electron chi connectivity index (χ1n) is 4.84. The smallest absolute Gasteiger partial charge is 0.238 e. The molecule has 0 aliphatic carbocycles. The molecule has 0 spiro atoms. The van der Waals surface area contributed by atoms with Crippen LogP contribution < -0.4 is 0 Å². The van der Waals surface area contributed by atoms with Crippen LogP contribution in [0.2, 0.25) is 0 Å². The van der Waals surface area contributed by atoms with Gasteiger partial charge in [-0.05, 0) is 20.8 Å². The van der Waals surface area contributed by atoms with E-state index in [9.17, 15) is 4.79 Å². The third-order valence-corrected chi connectivity index (χ3v) is 3.36. The molecule has 0 unspecified atom stereocenters. The molecule has 1 rings (SSSR count). The van der Waals surface area contributed by atoms with E-state index in [2.05, 4.69) is 4.98 Å². The van der Waals surface area contributed by atoms with Crippen molar-refractivity contribution >= 4 is 28.8 Å². The minimum absolute atomic E-state index is 0.00347. The van der Waals surface area contributed by atoms with Gasteiger partial charge in [0.25, 0.3) is 0 Å². The molecule has 0 N–H and O–H groups in total. The second-order valence-corrected chi connectivity index (χ2v) is 4.77. The number of aromatic nitrogens is 1. The van der Waals surface area contributed by atoms with Crippen LogP contribution in [0.15, 0.2) is 11.6 Å². The van der Waals surface area contributed by atoms with Crippen molar-refractivity contribution in [2.45, 2.75) is 32.9 Å². The molecule has 0 radical (unpaired) electrons. The fourth-order valence-electron chi connectivity index (χ4n) is 1.58. The molecule has 0 fully saturated rings. The summed E-state index contributed by atoms with van der Waals surface area (Å²) in [5, 5.41) is 2.86. The molecule has 0 aromatic carbocycles. The topological polar surface area (TPSA) is 33.2 Å². The zero-order chi connectivity index (χ0) is 11.4. The van der Waals surface area contributed by atoms with E-state index in [1.165, 1.54) is 0 Å². The minimum Gasteiger partial charge on any atom is -0.330 e. The van der Waals surface area contributed by atoms with E-state index in [1.807, 2.05) is 26.2 Å². The Hall–Kier alpha value is -0.610. The van der Waals surface area contributed by atoms with E-state index in [1.54, 1.807) is 22.4 Å². The number of rotatable bonds is 4. The number of carbonyl (C=O) groups is 1. The summed E-state index contributed by atoms with van der Waals surface area (Å²) in [5.74, 6) is -0.0252. The molecule has 1 aromatic rings. The van der Waals surface area contributed by atoms with Gasteiger partial charge in [-0.3, -0.25) is 4.79 Å². The summed E-state index contributed by atoms with van der Waals surface area (Å²) in [6.07, 6.45) is 1.75. The molecule has 84 valence electrons. The number of hydrogen-bond acceptors (Lipinski definition) is 3. The van der Waals surface area contributed by atoms with Crippen LogP contribution in [0.4, 0.5) is 0 Å². The summed E-state index contributed by atoms with van der Waals surface area (Å²) >= 11 is 7.14. The van der Waals surface area contributed by atoms with Crippen molar-refractivity contribution in [1.82, 2.24) is 9.88 Å². The van der Waals surface area contributed by atoms with Gasteiger partial charge in [-0.15, -0.1) is 22.9 Å². The van der Waals surface area contributed by atoms with E-state index in [-0.39, 0.29) is 23.9 Å². The Balaban J connectivity index is 2.85. The van der Waals surface area contributed by atoms with Gasteiger partial charge in [0.2, 0.25) is 5.91 Å². The number of carbonyl (C=O) groups excluding carboxylic acids is 1. The summed E-state index contributed by atoms with van der Waals surface area (Å²) in [7, 11) is 0. The van der Waals surface area contributed by atoms with Gasteiger partial charge >= 0.3 is 0 Å². The number of thiazole rings is 1. The third kappa shape index (κ3) is 2.92. The molecule has 0 bridgehead atoms. The van der Waals surface area contributed by atoms with Crippen LogP contribution >= 0.6 is 22.9 Å². The van der Waals surface area contributed by atoms with Crippen molar-refractivity contribution in [3.63, 3.8) is 0 Å². The highest BCUT2D eigenvalue weighted by Crippen LogP contribution is 2.24. The van der Waals surface area contributed by atoms with Gasteiger partial charge in [-0.25, -0.2) is 4.98 Å². The number of halogens is 1. The molecule has 0 aliphatic rings. The molecule has 1 heterocycles. The highest BCUT2D eigenvalue weighted by molar-refractivity contribution is 7.09. The summed E-state index contributed by atoms with van der Waals surface area (Å²) in [6, 6.07) is 0.131. The lowest BCUT2D eigenvalue weighted by molar-refractivity contribution is -0.132. The lowest BCUT2D eigenvalue weighted by Gasteiger charge is -2.31. The Labute approximate surface area is 99.1 Å². The van der Waals surface area contributed by atoms with Gasteiger partial charge in [0.1, 0.15) is 10.9 Å². The van der Waals surface area contributed by atoms with Crippen LogP contribution in [0, 0.1) is 0 Å². The van der Waals surface area contributed by atoms with E-state index in [4.69, 9.17) is 11.6 Å². The second kappa shape index (κ2) is 5.47. The zero-order valence-electron chi connectivity index (χ0n) is 9.11. The van der Waals surface area contributed by atoms with E-state index in [0.29, 0.717) is 0 Å². The monoisotopic (exact) mass is 246 g/mol. The van der Waals surface area contributed by atoms with E-state index < -0.39 is 0 Å². The molecule has 5 heteroatoms. The minimum atomic E-state index is -0.0469. The third-order valence-electron chi connectivity index (χ3n) is 2.18. The van der Waals surface area contributed by atoms with Crippen molar-refractivity contribution in [2.75, 3.05) is 5.88 Å². The predicted molar refractivity (Wildman–Crippen MR) is 63.2 cm³/mol. The van der Waals surface area contributed by atoms with Crippen LogP contribution in [0.25, 0.3) is 0 Å². The first-order chi connectivity index (χ1) is 7.07. The SMILES string of the molecule is CC(C)N(C(=O)CCl)[C@@H](C)c1nccs1. The number of alkyl halides is 1.